The molecule has 1 unspecified atom stereocenters. The fourth-order valence-corrected chi connectivity index (χ4v) is 1.37. The summed E-state index contributed by atoms with van der Waals surface area (Å²) >= 11 is 0. The molecule has 104 valence electrons. The van der Waals surface area contributed by atoms with Gasteiger partial charge in [-0.3, -0.25) is 9.59 Å². The van der Waals surface area contributed by atoms with Crippen LogP contribution in [0.1, 0.15) is 26.2 Å². The number of aliphatic carboxylic acids is 1. The van der Waals surface area contributed by atoms with Gasteiger partial charge >= 0.3 is 18.3 Å². The molecule has 1 aliphatic rings. The van der Waals surface area contributed by atoms with Crippen LogP contribution in [-0.4, -0.2) is 35.4 Å². The molecule has 0 heterocycles. The van der Waals surface area contributed by atoms with Crippen LogP contribution in [-0.2, 0) is 9.59 Å². The lowest BCUT2D eigenvalue weighted by Crippen LogP contribution is -2.49. The lowest BCUT2D eigenvalue weighted by Gasteiger charge is -2.27. The predicted molar refractivity (Wildman–Crippen MR) is 52.5 cm³/mol. The third kappa shape index (κ3) is 3.11. The van der Waals surface area contributed by atoms with E-state index in [1.54, 1.807) is 0 Å². The number of alkyl halides is 4. The smallest absolute Gasteiger partial charge is 0.319 e. The van der Waals surface area contributed by atoms with Gasteiger partial charge in [-0.05, 0) is 19.8 Å². The second kappa shape index (κ2) is 4.74. The van der Waals surface area contributed by atoms with E-state index in [2.05, 4.69) is 5.32 Å². The van der Waals surface area contributed by atoms with Crippen molar-refractivity contribution in [3.05, 3.63) is 0 Å². The highest BCUT2D eigenvalue weighted by atomic mass is 19.3. The average Bonchev–Trinajstić information content (AvgIpc) is 3.00. The standard InChI is InChI=1S/C10H13F4NO3/c1-9(8(17)18,4-10(13,14)6(11)12)7(16)15-5-2-3-5/h5-6H,2-4H2,1H3,(H,15,16)(H,17,18). The van der Waals surface area contributed by atoms with Gasteiger partial charge in [0.25, 0.3) is 0 Å². The zero-order valence-electron chi connectivity index (χ0n) is 9.55. The molecule has 0 aromatic heterocycles. The van der Waals surface area contributed by atoms with Crippen molar-refractivity contribution in [2.45, 2.75) is 44.6 Å². The molecule has 1 saturated carbocycles. The number of carboxylic acids is 1. The van der Waals surface area contributed by atoms with Gasteiger partial charge < -0.3 is 10.4 Å². The molecule has 4 nitrogen and oxygen atoms in total. The number of halogens is 4. The Morgan fingerprint density at radius 3 is 2.22 bits per heavy atom. The Bertz CT molecular complexity index is 357. The maximum Gasteiger partial charge on any atom is 0.319 e. The van der Waals surface area contributed by atoms with Crippen LogP contribution in [0.4, 0.5) is 17.6 Å². The SMILES string of the molecule is CC(CC(F)(F)C(F)F)(C(=O)O)C(=O)NC1CC1. The topological polar surface area (TPSA) is 66.4 Å². The van der Waals surface area contributed by atoms with Crippen molar-refractivity contribution in [1.29, 1.82) is 0 Å². The summed E-state index contributed by atoms with van der Waals surface area (Å²) < 4.78 is 50.0. The van der Waals surface area contributed by atoms with E-state index in [0.29, 0.717) is 12.8 Å². The highest BCUT2D eigenvalue weighted by molar-refractivity contribution is 6.01. The van der Waals surface area contributed by atoms with Crippen LogP contribution in [0.2, 0.25) is 0 Å². The van der Waals surface area contributed by atoms with Gasteiger partial charge in [-0.15, -0.1) is 0 Å². The summed E-state index contributed by atoms with van der Waals surface area (Å²) in [5.74, 6) is -7.52. The molecular formula is C10H13F4NO3. The van der Waals surface area contributed by atoms with E-state index in [9.17, 15) is 27.2 Å². The molecular weight excluding hydrogens is 258 g/mol. The molecule has 1 atom stereocenters. The van der Waals surface area contributed by atoms with Crippen LogP contribution in [0.3, 0.4) is 0 Å². The third-order valence-corrected chi connectivity index (χ3v) is 2.79. The van der Waals surface area contributed by atoms with Gasteiger partial charge in [0.05, 0.1) is 0 Å². The predicted octanol–water partition coefficient (Wildman–Crippen LogP) is 1.65. The summed E-state index contributed by atoms with van der Waals surface area (Å²) in [5.41, 5.74) is -2.57. The molecule has 0 saturated heterocycles. The Labute approximate surface area is 100 Å². The molecule has 1 aliphatic carbocycles. The van der Waals surface area contributed by atoms with E-state index in [4.69, 9.17) is 5.11 Å². The zero-order valence-corrected chi connectivity index (χ0v) is 9.55. The zero-order chi connectivity index (χ0) is 14.1. The number of rotatable bonds is 6. The van der Waals surface area contributed by atoms with Gasteiger partial charge in [0, 0.05) is 12.5 Å². The molecule has 18 heavy (non-hydrogen) atoms. The number of carboxylic acid groups (broad SMARTS) is 1. The molecule has 1 amide bonds. The Balaban J connectivity index is 2.85. The van der Waals surface area contributed by atoms with Crippen LogP contribution in [0, 0.1) is 5.41 Å². The maximum absolute atomic E-state index is 12.9. The summed E-state index contributed by atoms with van der Waals surface area (Å²) in [7, 11) is 0. The number of nitrogens with one attached hydrogen (secondary N) is 1. The van der Waals surface area contributed by atoms with E-state index in [1.165, 1.54) is 0 Å². The minimum atomic E-state index is -4.52. The van der Waals surface area contributed by atoms with Crippen LogP contribution in [0.15, 0.2) is 0 Å². The van der Waals surface area contributed by atoms with E-state index < -0.39 is 36.1 Å². The Morgan fingerprint density at radius 1 is 1.39 bits per heavy atom. The van der Waals surface area contributed by atoms with Crippen molar-refractivity contribution in [3.63, 3.8) is 0 Å². The number of carbonyl (C=O) groups is 2. The molecule has 0 radical (unpaired) electrons. The molecule has 1 fully saturated rings. The Hall–Kier alpha value is -1.34. The fraction of sp³-hybridized carbons (Fsp3) is 0.800. The molecule has 0 spiro atoms. The molecule has 0 aliphatic heterocycles. The first kappa shape index (κ1) is 14.7. The number of hydrogen-bond donors (Lipinski definition) is 2. The first-order valence-corrected chi connectivity index (χ1v) is 5.30. The fourth-order valence-electron chi connectivity index (χ4n) is 1.37. The number of hydrogen-bond acceptors (Lipinski definition) is 2. The summed E-state index contributed by atoms with van der Waals surface area (Å²) in [6.07, 6.45) is -4.48. The number of carbonyl (C=O) groups excluding carboxylic acids is 1. The van der Waals surface area contributed by atoms with Crippen molar-refractivity contribution in [1.82, 2.24) is 5.32 Å². The summed E-state index contributed by atoms with van der Waals surface area (Å²) in [6.45, 7) is 0.726. The van der Waals surface area contributed by atoms with Gasteiger partial charge in [-0.1, -0.05) is 0 Å². The van der Waals surface area contributed by atoms with Gasteiger partial charge in [0.15, 0.2) is 0 Å². The van der Waals surface area contributed by atoms with Gasteiger partial charge in [0.1, 0.15) is 5.41 Å². The minimum absolute atomic E-state index is 0.239. The van der Waals surface area contributed by atoms with Crippen molar-refractivity contribution >= 4 is 11.9 Å². The molecule has 0 bridgehead atoms. The first-order chi connectivity index (χ1) is 8.09. The van der Waals surface area contributed by atoms with E-state index in [0.717, 1.165) is 6.92 Å². The van der Waals surface area contributed by atoms with Crippen molar-refractivity contribution in [2.75, 3.05) is 0 Å². The van der Waals surface area contributed by atoms with Crippen LogP contribution >= 0.6 is 0 Å². The van der Waals surface area contributed by atoms with E-state index in [1.807, 2.05) is 0 Å². The highest BCUT2D eigenvalue weighted by Gasteiger charge is 2.54. The van der Waals surface area contributed by atoms with Crippen molar-refractivity contribution < 1.29 is 32.3 Å². The molecule has 1 rings (SSSR count). The van der Waals surface area contributed by atoms with Gasteiger partial charge in [-0.2, -0.15) is 0 Å². The molecule has 0 aromatic rings. The lowest BCUT2D eigenvalue weighted by molar-refractivity contribution is -0.176. The maximum atomic E-state index is 12.9. The monoisotopic (exact) mass is 271 g/mol. The minimum Gasteiger partial charge on any atom is -0.480 e. The average molecular weight is 271 g/mol. The quantitative estimate of drug-likeness (QED) is 0.570. The van der Waals surface area contributed by atoms with Crippen LogP contribution < -0.4 is 5.32 Å². The molecule has 2 N–H and O–H groups in total. The summed E-state index contributed by atoms with van der Waals surface area (Å²) in [4.78, 5) is 22.5. The van der Waals surface area contributed by atoms with E-state index >= 15 is 0 Å². The lowest BCUT2D eigenvalue weighted by atomic mass is 9.83. The third-order valence-electron chi connectivity index (χ3n) is 2.79. The first-order valence-electron chi connectivity index (χ1n) is 5.30. The van der Waals surface area contributed by atoms with Gasteiger partial charge in [0.2, 0.25) is 5.91 Å². The Kier molecular flexibility index (Phi) is 3.87. The second-order valence-corrected chi connectivity index (χ2v) is 4.62. The Morgan fingerprint density at radius 2 is 1.89 bits per heavy atom. The largest absolute Gasteiger partial charge is 0.480 e. The molecule has 0 aromatic carbocycles. The summed E-state index contributed by atoms with van der Waals surface area (Å²) in [5, 5.41) is 11.1. The highest BCUT2D eigenvalue weighted by Crippen LogP contribution is 2.37. The molecule has 8 heteroatoms. The van der Waals surface area contributed by atoms with Crippen LogP contribution in [0.5, 0.6) is 0 Å². The van der Waals surface area contributed by atoms with Crippen molar-refractivity contribution in [2.24, 2.45) is 5.41 Å². The normalized spacial score (nSPS) is 19.4. The van der Waals surface area contributed by atoms with Gasteiger partial charge in [-0.25, -0.2) is 17.6 Å². The van der Waals surface area contributed by atoms with Crippen LogP contribution in [0.25, 0.3) is 0 Å². The van der Waals surface area contributed by atoms with E-state index in [-0.39, 0.29) is 6.04 Å². The second-order valence-electron chi connectivity index (χ2n) is 4.62. The van der Waals surface area contributed by atoms with Crippen molar-refractivity contribution in [3.8, 4) is 0 Å². The number of amides is 1. The summed E-state index contributed by atoms with van der Waals surface area (Å²) in [6, 6.07) is -0.239.